The molecule has 22 heavy (non-hydrogen) atoms. The molecule has 0 unspecified atom stereocenters. The maximum atomic E-state index is 5.09. The van der Waals surface area contributed by atoms with Crippen LogP contribution in [0.2, 0.25) is 0 Å². The molecule has 2 nitrogen and oxygen atoms in total. The van der Waals surface area contributed by atoms with Gasteiger partial charge in [0.1, 0.15) is 11.5 Å². The lowest BCUT2D eigenvalue weighted by Crippen LogP contribution is -1.84. The Kier molecular flexibility index (Phi) is 9.71. The predicted molar refractivity (Wildman–Crippen MR) is 107 cm³/mol. The number of alkyl halides is 2. The zero-order chi connectivity index (χ0) is 16.5. The van der Waals surface area contributed by atoms with Gasteiger partial charge in [-0.2, -0.15) is 0 Å². The topological polar surface area (TPSA) is 18.5 Å². The van der Waals surface area contributed by atoms with Crippen molar-refractivity contribution in [3.05, 3.63) is 56.5 Å². The molecule has 0 aliphatic carbocycles. The van der Waals surface area contributed by atoms with Crippen molar-refractivity contribution in [3.8, 4) is 11.5 Å². The molecule has 0 N–H and O–H groups in total. The van der Waals surface area contributed by atoms with Gasteiger partial charge in [-0.1, -0.05) is 63.7 Å². The minimum atomic E-state index is 0.850. The van der Waals surface area contributed by atoms with Gasteiger partial charge in [-0.3, -0.25) is 0 Å². The second-order valence-corrected chi connectivity index (χ2v) is 7.22. The number of methoxy groups -OCH3 is 2. The Morgan fingerprint density at radius 3 is 1.32 bits per heavy atom. The second-order valence-electron chi connectivity index (χ2n) is 4.27. The largest absolute Gasteiger partial charge is 0.497 e. The third-order valence-electron chi connectivity index (χ3n) is 2.64. The van der Waals surface area contributed by atoms with Crippen LogP contribution in [0, 0.1) is 0 Å². The van der Waals surface area contributed by atoms with Gasteiger partial charge >= 0.3 is 0 Å². The molecular weight excluding hydrogens is 544 g/mol. The van der Waals surface area contributed by atoms with Crippen LogP contribution >= 0.6 is 63.7 Å². The molecule has 0 saturated carbocycles. The highest BCUT2D eigenvalue weighted by Gasteiger charge is 1.97. The summed E-state index contributed by atoms with van der Waals surface area (Å²) in [5, 5.41) is 1.70. The van der Waals surface area contributed by atoms with Crippen molar-refractivity contribution in [2.45, 2.75) is 10.7 Å². The van der Waals surface area contributed by atoms with E-state index in [1.807, 2.05) is 24.3 Å². The standard InChI is InChI=1S/2C8H8Br2O/c2*1-11-8-3-6(5-9)2-7(10)4-8/h2*2-4H,5H2,1H3. The first-order valence-electron chi connectivity index (χ1n) is 6.31. The van der Waals surface area contributed by atoms with Gasteiger partial charge < -0.3 is 9.47 Å². The van der Waals surface area contributed by atoms with Crippen LogP contribution < -0.4 is 9.47 Å². The van der Waals surface area contributed by atoms with Crippen molar-refractivity contribution < 1.29 is 9.47 Å². The number of benzene rings is 2. The van der Waals surface area contributed by atoms with Crippen LogP contribution in [0.5, 0.6) is 11.5 Å². The van der Waals surface area contributed by atoms with Gasteiger partial charge in [0.05, 0.1) is 14.2 Å². The monoisotopic (exact) mass is 556 g/mol. The van der Waals surface area contributed by atoms with Crippen molar-refractivity contribution in [2.75, 3.05) is 14.2 Å². The Balaban J connectivity index is 0.000000220. The van der Waals surface area contributed by atoms with Crippen LogP contribution in [-0.2, 0) is 10.7 Å². The van der Waals surface area contributed by atoms with E-state index in [4.69, 9.17) is 9.47 Å². The van der Waals surface area contributed by atoms with Gasteiger partial charge in [0.25, 0.3) is 0 Å². The number of rotatable bonds is 4. The molecule has 0 atom stereocenters. The van der Waals surface area contributed by atoms with Gasteiger partial charge in [-0.25, -0.2) is 0 Å². The molecule has 120 valence electrons. The lowest BCUT2D eigenvalue weighted by Gasteiger charge is -2.02. The first kappa shape index (κ1) is 20.0. The summed E-state index contributed by atoms with van der Waals surface area (Å²) < 4.78 is 12.3. The second kappa shape index (κ2) is 10.7. The summed E-state index contributed by atoms with van der Waals surface area (Å²) in [6.07, 6.45) is 0. The number of ether oxygens (including phenoxy) is 2. The van der Waals surface area contributed by atoms with E-state index in [2.05, 4.69) is 75.9 Å². The molecule has 2 aromatic rings. The van der Waals surface area contributed by atoms with Crippen LogP contribution in [0.4, 0.5) is 0 Å². The fourth-order valence-electron chi connectivity index (χ4n) is 1.63. The molecule has 0 bridgehead atoms. The lowest BCUT2D eigenvalue weighted by molar-refractivity contribution is 0.414. The van der Waals surface area contributed by atoms with E-state index in [1.54, 1.807) is 14.2 Å². The highest BCUT2D eigenvalue weighted by atomic mass is 79.9. The Bertz CT molecular complexity index is 505. The van der Waals surface area contributed by atoms with E-state index in [-0.39, 0.29) is 0 Å². The quantitative estimate of drug-likeness (QED) is 0.388. The van der Waals surface area contributed by atoms with Crippen LogP contribution in [0.25, 0.3) is 0 Å². The summed E-state index contributed by atoms with van der Waals surface area (Å²) in [6.45, 7) is 0. The van der Waals surface area contributed by atoms with Crippen molar-refractivity contribution >= 4 is 63.7 Å². The summed E-state index contributed by atoms with van der Waals surface area (Å²) >= 11 is 13.5. The Morgan fingerprint density at radius 1 is 0.682 bits per heavy atom. The number of hydrogen-bond donors (Lipinski definition) is 0. The van der Waals surface area contributed by atoms with Crippen molar-refractivity contribution in [2.24, 2.45) is 0 Å². The molecule has 0 aliphatic heterocycles. The average Bonchev–Trinajstić information content (AvgIpc) is 2.53. The van der Waals surface area contributed by atoms with Crippen LogP contribution in [0.15, 0.2) is 45.3 Å². The Morgan fingerprint density at radius 2 is 1.05 bits per heavy atom. The zero-order valence-electron chi connectivity index (χ0n) is 12.2. The summed E-state index contributed by atoms with van der Waals surface area (Å²) in [7, 11) is 3.33. The summed E-state index contributed by atoms with van der Waals surface area (Å²) in [6, 6.07) is 12.0. The van der Waals surface area contributed by atoms with Crippen molar-refractivity contribution in [3.63, 3.8) is 0 Å². The van der Waals surface area contributed by atoms with Crippen molar-refractivity contribution in [1.82, 2.24) is 0 Å². The first-order valence-corrected chi connectivity index (χ1v) is 10.1. The molecule has 6 heteroatoms. The third-order valence-corrected chi connectivity index (χ3v) is 4.85. The minimum absolute atomic E-state index is 0.850. The summed E-state index contributed by atoms with van der Waals surface area (Å²) in [5.74, 6) is 1.77. The molecule has 0 heterocycles. The van der Waals surface area contributed by atoms with Gasteiger partial charge in [0.2, 0.25) is 0 Å². The zero-order valence-corrected chi connectivity index (χ0v) is 18.6. The fraction of sp³-hybridized carbons (Fsp3) is 0.250. The number of halogens is 4. The van der Waals surface area contributed by atoms with Crippen LogP contribution in [0.3, 0.4) is 0 Å². The Hall–Kier alpha value is -0.0400. The SMILES string of the molecule is COc1cc(Br)cc(CBr)c1.COc1cc(Br)cc(CBr)c1. The fourth-order valence-corrected chi connectivity index (χ4v) is 3.32. The lowest BCUT2D eigenvalue weighted by atomic mass is 10.2. The number of hydrogen-bond acceptors (Lipinski definition) is 2. The van der Waals surface area contributed by atoms with E-state index in [0.717, 1.165) is 31.1 Å². The molecule has 0 spiro atoms. The molecular formula is C16H16Br4O2. The molecule has 2 aromatic carbocycles. The van der Waals surface area contributed by atoms with Crippen molar-refractivity contribution in [1.29, 1.82) is 0 Å². The van der Waals surface area contributed by atoms with Gasteiger partial charge in [0.15, 0.2) is 0 Å². The van der Waals surface area contributed by atoms with E-state index in [0.29, 0.717) is 0 Å². The maximum Gasteiger partial charge on any atom is 0.120 e. The molecule has 0 saturated heterocycles. The van der Waals surface area contributed by atoms with Gasteiger partial charge in [-0.05, 0) is 47.5 Å². The normalized spacial score (nSPS) is 9.73. The maximum absolute atomic E-state index is 5.09. The average molecular weight is 560 g/mol. The van der Waals surface area contributed by atoms with E-state index in [1.165, 1.54) is 11.1 Å². The molecule has 0 aromatic heterocycles. The highest BCUT2D eigenvalue weighted by molar-refractivity contribution is 9.11. The Labute approximate surface area is 165 Å². The highest BCUT2D eigenvalue weighted by Crippen LogP contribution is 2.23. The van der Waals surface area contributed by atoms with Gasteiger partial charge in [0, 0.05) is 19.6 Å². The summed E-state index contributed by atoms with van der Waals surface area (Å²) in [4.78, 5) is 0. The van der Waals surface area contributed by atoms with Crippen LogP contribution in [0.1, 0.15) is 11.1 Å². The molecule has 0 fully saturated rings. The first-order chi connectivity index (χ1) is 10.5. The minimum Gasteiger partial charge on any atom is -0.497 e. The third kappa shape index (κ3) is 7.02. The molecule has 2 rings (SSSR count). The smallest absolute Gasteiger partial charge is 0.120 e. The predicted octanol–water partition coefficient (Wildman–Crippen LogP) is 6.71. The molecule has 0 amide bonds. The summed E-state index contributed by atoms with van der Waals surface area (Å²) in [5.41, 5.74) is 2.41. The van der Waals surface area contributed by atoms with Gasteiger partial charge in [-0.15, -0.1) is 0 Å². The van der Waals surface area contributed by atoms with E-state index < -0.39 is 0 Å². The molecule has 0 aliphatic rings. The molecule has 0 radical (unpaired) electrons. The van der Waals surface area contributed by atoms with E-state index >= 15 is 0 Å². The van der Waals surface area contributed by atoms with Crippen LogP contribution in [-0.4, -0.2) is 14.2 Å². The van der Waals surface area contributed by atoms with E-state index in [9.17, 15) is 0 Å².